The zero-order valence-electron chi connectivity index (χ0n) is 11.8. The first-order chi connectivity index (χ1) is 8.59. The minimum Gasteiger partial charge on any atom is -0.390 e. The Balaban J connectivity index is 2.15. The Labute approximate surface area is 111 Å². The van der Waals surface area contributed by atoms with E-state index in [1.165, 1.54) is 5.56 Å². The number of nitrogens with one attached hydrogen (secondary N) is 1. The average molecular weight is 250 g/mol. The Morgan fingerprint density at radius 3 is 2.50 bits per heavy atom. The van der Waals surface area contributed by atoms with Crippen LogP contribution >= 0.6 is 0 Å². The van der Waals surface area contributed by atoms with Crippen molar-refractivity contribution in [1.82, 2.24) is 10.2 Å². The van der Waals surface area contributed by atoms with Crippen molar-refractivity contribution in [2.45, 2.75) is 25.4 Å². The molecule has 0 aliphatic heterocycles. The fraction of sp³-hybridized carbons (Fsp3) is 0.600. The second kappa shape index (κ2) is 8.25. The van der Waals surface area contributed by atoms with Gasteiger partial charge in [0.2, 0.25) is 0 Å². The number of hydrogen-bond donors (Lipinski definition) is 2. The van der Waals surface area contributed by atoms with Gasteiger partial charge in [-0.25, -0.2) is 0 Å². The van der Waals surface area contributed by atoms with Gasteiger partial charge in [0.25, 0.3) is 0 Å². The van der Waals surface area contributed by atoms with Gasteiger partial charge in [0.15, 0.2) is 0 Å². The van der Waals surface area contributed by atoms with Crippen LogP contribution in [0.15, 0.2) is 30.3 Å². The highest BCUT2D eigenvalue weighted by molar-refractivity contribution is 5.18. The van der Waals surface area contributed by atoms with Crippen molar-refractivity contribution in [2.24, 2.45) is 0 Å². The first kappa shape index (κ1) is 15.2. The summed E-state index contributed by atoms with van der Waals surface area (Å²) in [5.41, 5.74) is 1.38. The van der Waals surface area contributed by atoms with Crippen LogP contribution in [0.4, 0.5) is 0 Å². The second-order valence-corrected chi connectivity index (χ2v) is 5.22. The Hall–Kier alpha value is -0.900. The highest BCUT2D eigenvalue weighted by Gasteiger charge is 2.06. The lowest BCUT2D eigenvalue weighted by atomic mass is 9.98. The molecule has 0 radical (unpaired) electrons. The lowest BCUT2D eigenvalue weighted by molar-refractivity contribution is 0.135. The SMILES string of the molecule is CC(CCNCC(O)CN(C)C)c1ccccc1. The number of aliphatic hydroxyl groups is 1. The van der Waals surface area contributed by atoms with Crippen molar-refractivity contribution in [3.63, 3.8) is 0 Å². The Kier molecular flexibility index (Phi) is 6.94. The summed E-state index contributed by atoms with van der Waals surface area (Å²) in [5.74, 6) is 0.560. The van der Waals surface area contributed by atoms with Crippen LogP contribution in [0.5, 0.6) is 0 Å². The van der Waals surface area contributed by atoms with Gasteiger partial charge in [-0.3, -0.25) is 0 Å². The van der Waals surface area contributed by atoms with E-state index in [4.69, 9.17) is 0 Å². The first-order valence-electron chi connectivity index (χ1n) is 6.68. The largest absolute Gasteiger partial charge is 0.390 e. The smallest absolute Gasteiger partial charge is 0.0791 e. The van der Waals surface area contributed by atoms with E-state index in [2.05, 4.69) is 36.5 Å². The van der Waals surface area contributed by atoms with Crippen LogP contribution in [-0.2, 0) is 0 Å². The van der Waals surface area contributed by atoms with Crippen LogP contribution in [-0.4, -0.2) is 49.8 Å². The van der Waals surface area contributed by atoms with Crippen LogP contribution in [0, 0.1) is 0 Å². The molecule has 0 heterocycles. The summed E-state index contributed by atoms with van der Waals surface area (Å²) in [6, 6.07) is 10.6. The van der Waals surface area contributed by atoms with Gasteiger partial charge in [-0.2, -0.15) is 0 Å². The topological polar surface area (TPSA) is 35.5 Å². The van der Waals surface area contributed by atoms with Crippen LogP contribution < -0.4 is 5.32 Å². The maximum atomic E-state index is 9.70. The number of nitrogens with zero attached hydrogens (tertiary/aromatic N) is 1. The molecule has 0 fully saturated rings. The number of rotatable bonds is 8. The minimum absolute atomic E-state index is 0.285. The molecule has 3 nitrogen and oxygen atoms in total. The molecular formula is C15H26N2O. The zero-order chi connectivity index (χ0) is 13.4. The van der Waals surface area contributed by atoms with Gasteiger partial charge in [0.1, 0.15) is 0 Å². The molecule has 0 spiro atoms. The van der Waals surface area contributed by atoms with Crippen LogP contribution in [0.3, 0.4) is 0 Å². The maximum absolute atomic E-state index is 9.70. The van der Waals surface area contributed by atoms with Crippen molar-refractivity contribution in [2.75, 3.05) is 33.7 Å². The summed E-state index contributed by atoms with van der Waals surface area (Å²) in [7, 11) is 3.95. The lowest BCUT2D eigenvalue weighted by Gasteiger charge is -2.17. The molecule has 0 bridgehead atoms. The second-order valence-electron chi connectivity index (χ2n) is 5.22. The highest BCUT2D eigenvalue weighted by Crippen LogP contribution is 2.17. The van der Waals surface area contributed by atoms with Gasteiger partial charge < -0.3 is 15.3 Å². The molecule has 3 heteroatoms. The number of aliphatic hydroxyl groups excluding tert-OH is 1. The molecule has 0 aliphatic rings. The third-order valence-corrected chi connectivity index (χ3v) is 3.08. The molecule has 0 aliphatic carbocycles. The molecule has 0 saturated heterocycles. The lowest BCUT2D eigenvalue weighted by Crippen LogP contribution is -2.35. The molecule has 2 unspecified atom stereocenters. The van der Waals surface area contributed by atoms with Crippen molar-refractivity contribution in [3.05, 3.63) is 35.9 Å². The van der Waals surface area contributed by atoms with E-state index in [1.807, 2.05) is 25.1 Å². The Morgan fingerprint density at radius 1 is 1.22 bits per heavy atom. The van der Waals surface area contributed by atoms with E-state index in [0.717, 1.165) is 13.0 Å². The molecule has 0 saturated carbocycles. The van der Waals surface area contributed by atoms with Crippen molar-refractivity contribution in [3.8, 4) is 0 Å². The van der Waals surface area contributed by atoms with Crippen LogP contribution in [0.2, 0.25) is 0 Å². The van der Waals surface area contributed by atoms with E-state index in [9.17, 15) is 5.11 Å². The summed E-state index contributed by atoms with van der Waals surface area (Å²) in [6.07, 6.45) is 0.811. The van der Waals surface area contributed by atoms with E-state index in [1.54, 1.807) is 0 Å². The normalized spacial score (nSPS) is 14.7. The average Bonchev–Trinajstić information content (AvgIpc) is 2.34. The molecule has 18 heavy (non-hydrogen) atoms. The molecule has 0 aromatic heterocycles. The molecule has 2 atom stereocenters. The monoisotopic (exact) mass is 250 g/mol. The van der Waals surface area contributed by atoms with Gasteiger partial charge in [-0.1, -0.05) is 37.3 Å². The van der Waals surface area contributed by atoms with Crippen molar-refractivity contribution < 1.29 is 5.11 Å². The standard InChI is InChI=1S/C15H26N2O/c1-13(14-7-5-4-6-8-14)9-10-16-11-15(18)12-17(2)3/h4-8,13,15-16,18H,9-12H2,1-3H3. The zero-order valence-corrected chi connectivity index (χ0v) is 11.8. The first-order valence-corrected chi connectivity index (χ1v) is 6.68. The van der Waals surface area contributed by atoms with Crippen molar-refractivity contribution in [1.29, 1.82) is 0 Å². The van der Waals surface area contributed by atoms with E-state index < -0.39 is 0 Å². The molecule has 1 rings (SSSR count). The molecule has 1 aromatic rings. The van der Waals surface area contributed by atoms with Gasteiger partial charge in [0.05, 0.1) is 6.10 Å². The van der Waals surface area contributed by atoms with Gasteiger partial charge in [0, 0.05) is 13.1 Å². The molecule has 2 N–H and O–H groups in total. The number of hydrogen-bond acceptors (Lipinski definition) is 3. The van der Waals surface area contributed by atoms with Gasteiger partial charge in [-0.05, 0) is 38.5 Å². The maximum Gasteiger partial charge on any atom is 0.0791 e. The summed E-state index contributed by atoms with van der Waals surface area (Å²) in [6.45, 7) is 4.56. The summed E-state index contributed by atoms with van der Waals surface area (Å²) >= 11 is 0. The Bertz CT molecular complexity index is 314. The van der Waals surface area contributed by atoms with E-state index in [-0.39, 0.29) is 6.10 Å². The van der Waals surface area contributed by atoms with Gasteiger partial charge >= 0.3 is 0 Å². The predicted octanol–water partition coefficient (Wildman–Crippen LogP) is 1.69. The summed E-state index contributed by atoms with van der Waals surface area (Å²) < 4.78 is 0. The van der Waals surface area contributed by atoms with Crippen LogP contribution in [0.1, 0.15) is 24.8 Å². The predicted molar refractivity (Wildman–Crippen MR) is 76.9 cm³/mol. The van der Waals surface area contributed by atoms with Gasteiger partial charge in [-0.15, -0.1) is 0 Å². The van der Waals surface area contributed by atoms with E-state index >= 15 is 0 Å². The van der Waals surface area contributed by atoms with E-state index in [0.29, 0.717) is 19.0 Å². The minimum atomic E-state index is -0.285. The summed E-state index contributed by atoms with van der Waals surface area (Å²) in [5, 5.41) is 13.0. The van der Waals surface area contributed by atoms with Crippen molar-refractivity contribution >= 4 is 0 Å². The highest BCUT2D eigenvalue weighted by atomic mass is 16.3. The molecule has 102 valence electrons. The fourth-order valence-corrected chi connectivity index (χ4v) is 2.02. The molecular weight excluding hydrogens is 224 g/mol. The third-order valence-electron chi connectivity index (χ3n) is 3.08. The molecule has 0 amide bonds. The quantitative estimate of drug-likeness (QED) is 0.689. The number of likely N-dealkylation sites (N-methyl/N-ethyl adjacent to an activating group) is 1. The summed E-state index contributed by atoms with van der Waals surface area (Å²) in [4.78, 5) is 2.00. The Morgan fingerprint density at radius 2 is 1.89 bits per heavy atom. The molecule has 1 aromatic carbocycles. The third kappa shape index (κ3) is 6.15. The fourth-order valence-electron chi connectivity index (χ4n) is 2.02. The number of benzene rings is 1. The van der Waals surface area contributed by atoms with Crippen LogP contribution in [0.25, 0.3) is 0 Å².